The van der Waals surface area contributed by atoms with Crippen LogP contribution in [0.3, 0.4) is 0 Å². The summed E-state index contributed by atoms with van der Waals surface area (Å²) in [5.41, 5.74) is 0.515. The van der Waals surface area contributed by atoms with E-state index < -0.39 is 5.41 Å². The standard InChI is InChI=1S/C14H21NO3/c1-17-9-12-5-3-4-7-14(12,11-15)8-6-13(16)10-18-2/h9H,3-8,10H2,1-2H3/b12-9+/t14-/m1/s1. The topological polar surface area (TPSA) is 59.3 Å². The van der Waals surface area contributed by atoms with Gasteiger partial charge in [-0.05, 0) is 31.3 Å². The second-order valence-electron chi connectivity index (χ2n) is 4.75. The molecule has 0 amide bonds. The van der Waals surface area contributed by atoms with Crippen molar-refractivity contribution in [3.8, 4) is 6.07 Å². The van der Waals surface area contributed by atoms with Crippen molar-refractivity contribution in [2.75, 3.05) is 20.8 Å². The van der Waals surface area contributed by atoms with Gasteiger partial charge in [0.25, 0.3) is 0 Å². The molecule has 0 unspecified atom stereocenters. The molecule has 0 bridgehead atoms. The van der Waals surface area contributed by atoms with Gasteiger partial charge in [0.1, 0.15) is 6.61 Å². The Morgan fingerprint density at radius 3 is 2.89 bits per heavy atom. The van der Waals surface area contributed by atoms with Gasteiger partial charge in [-0.15, -0.1) is 0 Å². The van der Waals surface area contributed by atoms with Crippen molar-refractivity contribution in [1.82, 2.24) is 0 Å². The normalized spacial score (nSPS) is 25.7. The highest BCUT2D eigenvalue weighted by Crippen LogP contribution is 2.44. The van der Waals surface area contributed by atoms with Crippen molar-refractivity contribution in [3.05, 3.63) is 11.8 Å². The van der Waals surface area contributed by atoms with E-state index in [0.717, 1.165) is 31.3 Å². The van der Waals surface area contributed by atoms with Crippen molar-refractivity contribution in [1.29, 1.82) is 5.26 Å². The molecular weight excluding hydrogens is 230 g/mol. The van der Waals surface area contributed by atoms with Crippen LogP contribution < -0.4 is 0 Å². The fraction of sp³-hybridized carbons (Fsp3) is 0.714. The SMILES string of the molecule is CO/C=C1\CCCC[C@]1(C#N)CCC(=O)COC. The second kappa shape index (κ2) is 7.17. The highest BCUT2D eigenvalue weighted by molar-refractivity contribution is 5.79. The van der Waals surface area contributed by atoms with E-state index >= 15 is 0 Å². The van der Waals surface area contributed by atoms with E-state index in [-0.39, 0.29) is 12.4 Å². The first-order valence-electron chi connectivity index (χ1n) is 6.33. The zero-order valence-corrected chi connectivity index (χ0v) is 11.2. The number of hydrogen-bond donors (Lipinski definition) is 0. The number of carbonyl (C=O) groups excluding carboxylic acids is 1. The highest BCUT2D eigenvalue weighted by atomic mass is 16.5. The number of nitrogens with zero attached hydrogens (tertiary/aromatic N) is 1. The van der Waals surface area contributed by atoms with E-state index in [9.17, 15) is 10.1 Å². The van der Waals surface area contributed by atoms with Crippen LogP contribution in [0.5, 0.6) is 0 Å². The van der Waals surface area contributed by atoms with Crippen LogP contribution in [0.1, 0.15) is 38.5 Å². The molecule has 4 heteroatoms. The summed E-state index contributed by atoms with van der Waals surface area (Å²) in [4.78, 5) is 11.5. The van der Waals surface area contributed by atoms with Gasteiger partial charge in [0, 0.05) is 13.5 Å². The van der Waals surface area contributed by atoms with Crippen LogP contribution in [0.2, 0.25) is 0 Å². The van der Waals surface area contributed by atoms with Gasteiger partial charge < -0.3 is 9.47 Å². The molecule has 18 heavy (non-hydrogen) atoms. The van der Waals surface area contributed by atoms with Gasteiger partial charge in [0.15, 0.2) is 5.78 Å². The minimum Gasteiger partial charge on any atom is -0.504 e. The van der Waals surface area contributed by atoms with E-state index in [1.807, 2.05) is 0 Å². The zero-order valence-electron chi connectivity index (χ0n) is 11.2. The van der Waals surface area contributed by atoms with Crippen LogP contribution >= 0.6 is 0 Å². The maximum atomic E-state index is 11.5. The van der Waals surface area contributed by atoms with E-state index in [0.29, 0.717) is 12.8 Å². The van der Waals surface area contributed by atoms with Gasteiger partial charge in [0.05, 0.1) is 24.9 Å². The van der Waals surface area contributed by atoms with Gasteiger partial charge in [-0.25, -0.2) is 0 Å². The van der Waals surface area contributed by atoms with Crippen molar-refractivity contribution in [3.63, 3.8) is 0 Å². The third-order valence-electron chi connectivity index (χ3n) is 3.52. The average Bonchev–Trinajstić information content (AvgIpc) is 2.39. The molecule has 4 nitrogen and oxygen atoms in total. The predicted octanol–water partition coefficient (Wildman–Crippen LogP) is 2.60. The molecule has 0 aliphatic heterocycles. The molecule has 100 valence electrons. The first kappa shape index (κ1) is 14.7. The smallest absolute Gasteiger partial charge is 0.158 e. The molecule has 1 aliphatic rings. The van der Waals surface area contributed by atoms with Gasteiger partial charge in [-0.1, -0.05) is 6.42 Å². The molecule has 0 aromatic rings. The van der Waals surface area contributed by atoms with Crippen molar-refractivity contribution < 1.29 is 14.3 Å². The molecule has 1 saturated carbocycles. The van der Waals surface area contributed by atoms with Crippen molar-refractivity contribution >= 4 is 5.78 Å². The lowest BCUT2D eigenvalue weighted by molar-refractivity contribution is -0.123. The Hall–Kier alpha value is -1.34. The summed E-state index contributed by atoms with van der Waals surface area (Å²) in [6, 6.07) is 2.41. The Bertz CT molecular complexity index is 357. The molecule has 0 heterocycles. The van der Waals surface area contributed by atoms with E-state index in [1.54, 1.807) is 13.4 Å². The number of hydrogen-bond acceptors (Lipinski definition) is 4. The van der Waals surface area contributed by atoms with Gasteiger partial charge in [0.2, 0.25) is 0 Å². The Morgan fingerprint density at radius 2 is 2.28 bits per heavy atom. The fourth-order valence-corrected chi connectivity index (χ4v) is 2.51. The van der Waals surface area contributed by atoms with Gasteiger partial charge in [-0.2, -0.15) is 5.26 Å². The summed E-state index contributed by atoms with van der Waals surface area (Å²) >= 11 is 0. The fourth-order valence-electron chi connectivity index (χ4n) is 2.51. The van der Waals surface area contributed by atoms with Gasteiger partial charge >= 0.3 is 0 Å². The molecule has 0 radical (unpaired) electrons. The number of methoxy groups -OCH3 is 2. The largest absolute Gasteiger partial charge is 0.504 e. The Balaban J connectivity index is 2.73. The molecule has 0 spiro atoms. The van der Waals surface area contributed by atoms with Crippen LogP contribution in [0, 0.1) is 16.7 Å². The third kappa shape index (κ3) is 3.58. The maximum absolute atomic E-state index is 11.5. The minimum atomic E-state index is -0.516. The molecule has 1 rings (SSSR count). The Labute approximate surface area is 109 Å². The number of rotatable bonds is 6. The number of ether oxygens (including phenoxy) is 2. The Morgan fingerprint density at radius 1 is 1.50 bits per heavy atom. The summed E-state index contributed by atoms with van der Waals surface area (Å²) in [5.74, 6) is 0.0504. The predicted molar refractivity (Wildman–Crippen MR) is 67.7 cm³/mol. The molecule has 1 aliphatic carbocycles. The van der Waals surface area contributed by atoms with Crippen LogP contribution in [-0.2, 0) is 14.3 Å². The van der Waals surface area contributed by atoms with Crippen LogP contribution in [0.15, 0.2) is 11.8 Å². The summed E-state index contributed by atoms with van der Waals surface area (Å²) < 4.78 is 9.88. The third-order valence-corrected chi connectivity index (χ3v) is 3.52. The lowest BCUT2D eigenvalue weighted by Crippen LogP contribution is -2.27. The molecular formula is C14H21NO3. The lowest BCUT2D eigenvalue weighted by atomic mass is 9.69. The first-order valence-corrected chi connectivity index (χ1v) is 6.33. The van der Waals surface area contributed by atoms with Crippen LogP contribution in [-0.4, -0.2) is 26.6 Å². The number of ketones is 1. The highest BCUT2D eigenvalue weighted by Gasteiger charge is 2.37. The average molecular weight is 251 g/mol. The van der Waals surface area contributed by atoms with Crippen LogP contribution in [0.25, 0.3) is 0 Å². The summed E-state index contributed by atoms with van der Waals surface area (Å²) in [7, 11) is 3.11. The van der Waals surface area contributed by atoms with Crippen LogP contribution in [0.4, 0.5) is 0 Å². The zero-order chi connectivity index (χ0) is 13.4. The molecule has 1 atom stereocenters. The monoisotopic (exact) mass is 251 g/mol. The van der Waals surface area contributed by atoms with Crippen molar-refractivity contribution in [2.45, 2.75) is 38.5 Å². The lowest BCUT2D eigenvalue weighted by Gasteiger charge is -2.33. The summed E-state index contributed by atoms with van der Waals surface area (Å²) in [6.07, 6.45) is 6.48. The molecule has 0 N–H and O–H groups in total. The van der Waals surface area contributed by atoms with E-state index in [1.165, 1.54) is 7.11 Å². The second-order valence-corrected chi connectivity index (χ2v) is 4.75. The molecule has 0 saturated heterocycles. The van der Waals surface area contributed by atoms with E-state index in [2.05, 4.69) is 6.07 Å². The minimum absolute atomic E-state index is 0.0504. The van der Waals surface area contributed by atoms with E-state index in [4.69, 9.17) is 9.47 Å². The quantitative estimate of drug-likeness (QED) is 0.681. The summed E-state index contributed by atoms with van der Waals surface area (Å²) in [5, 5.41) is 9.49. The molecule has 0 aromatic heterocycles. The van der Waals surface area contributed by atoms with Gasteiger partial charge in [-0.3, -0.25) is 4.79 Å². The Kier molecular flexibility index (Phi) is 5.87. The first-order chi connectivity index (χ1) is 8.68. The maximum Gasteiger partial charge on any atom is 0.158 e. The summed E-state index contributed by atoms with van der Waals surface area (Å²) in [6.45, 7) is 0.130. The number of allylic oxidation sites excluding steroid dienone is 1. The number of carbonyl (C=O) groups is 1. The van der Waals surface area contributed by atoms with Crippen molar-refractivity contribution in [2.24, 2.45) is 5.41 Å². The molecule has 1 fully saturated rings. The number of Topliss-reactive ketones (excluding diaryl/α,β-unsaturated/α-hetero) is 1. The molecule has 0 aromatic carbocycles. The number of nitriles is 1.